The lowest BCUT2D eigenvalue weighted by molar-refractivity contribution is 0.110. The van der Waals surface area contributed by atoms with Crippen molar-refractivity contribution in [2.24, 2.45) is 5.92 Å². The fourth-order valence-electron chi connectivity index (χ4n) is 2.76. The summed E-state index contributed by atoms with van der Waals surface area (Å²) in [7, 11) is -3.49. The highest BCUT2D eigenvalue weighted by Gasteiger charge is 2.28. The molecule has 1 aromatic heterocycles. The number of piperidine rings is 1. The first kappa shape index (κ1) is 16.0. The summed E-state index contributed by atoms with van der Waals surface area (Å²) in [6.45, 7) is 3.26. The number of aldehydes is 1. The Morgan fingerprint density at radius 2 is 1.91 bits per heavy atom. The minimum Gasteiger partial charge on any atom is -0.453 e. The fourth-order valence-corrected chi connectivity index (χ4v) is 4.27. The molecular formula is C17H19NO4S. The van der Waals surface area contributed by atoms with Crippen molar-refractivity contribution in [1.82, 2.24) is 4.31 Å². The second kappa shape index (κ2) is 6.29. The third-order valence-corrected chi connectivity index (χ3v) is 6.14. The second-order valence-electron chi connectivity index (χ2n) is 5.93. The minimum atomic E-state index is -3.49. The van der Waals surface area contributed by atoms with Gasteiger partial charge in [-0.25, -0.2) is 8.42 Å². The van der Waals surface area contributed by atoms with Gasteiger partial charge < -0.3 is 4.42 Å². The molecular weight excluding hydrogens is 314 g/mol. The Labute approximate surface area is 136 Å². The minimum absolute atomic E-state index is 0.221. The van der Waals surface area contributed by atoms with Gasteiger partial charge in [0, 0.05) is 18.7 Å². The normalized spacial score (nSPS) is 17.3. The Morgan fingerprint density at radius 1 is 1.17 bits per heavy atom. The zero-order valence-electron chi connectivity index (χ0n) is 12.9. The Bertz CT molecular complexity index is 802. The smallest absolute Gasteiger partial charge is 0.243 e. The largest absolute Gasteiger partial charge is 0.453 e. The van der Waals surface area contributed by atoms with Crippen LogP contribution in [0, 0.1) is 5.92 Å². The summed E-state index contributed by atoms with van der Waals surface area (Å²) < 4.78 is 32.5. The molecule has 23 heavy (non-hydrogen) atoms. The van der Waals surface area contributed by atoms with Crippen LogP contribution in [0.4, 0.5) is 0 Å². The van der Waals surface area contributed by atoms with Crippen LogP contribution in [0.5, 0.6) is 0 Å². The Kier molecular flexibility index (Phi) is 4.37. The number of furan rings is 1. The zero-order chi connectivity index (χ0) is 16.4. The predicted octanol–water partition coefficient (Wildman–Crippen LogP) is 3.18. The molecule has 0 bridgehead atoms. The zero-order valence-corrected chi connectivity index (χ0v) is 13.8. The van der Waals surface area contributed by atoms with E-state index >= 15 is 0 Å². The third kappa shape index (κ3) is 3.23. The van der Waals surface area contributed by atoms with Crippen LogP contribution in [-0.4, -0.2) is 32.1 Å². The lowest BCUT2D eigenvalue weighted by Gasteiger charge is -2.29. The molecule has 5 nitrogen and oxygen atoms in total. The third-order valence-electron chi connectivity index (χ3n) is 4.24. The first-order valence-corrected chi connectivity index (χ1v) is 9.10. The maximum atomic E-state index is 12.8. The summed E-state index contributed by atoms with van der Waals surface area (Å²) >= 11 is 0. The van der Waals surface area contributed by atoms with E-state index in [9.17, 15) is 13.2 Å². The molecule has 0 amide bonds. The highest BCUT2D eigenvalue weighted by Crippen LogP contribution is 2.27. The Morgan fingerprint density at radius 3 is 2.57 bits per heavy atom. The van der Waals surface area contributed by atoms with Crippen molar-refractivity contribution in [3.05, 3.63) is 42.2 Å². The van der Waals surface area contributed by atoms with Crippen LogP contribution >= 0.6 is 0 Å². The molecule has 0 N–H and O–H groups in total. The maximum absolute atomic E-state index is 12.8. The molecule has 0 unspecified atom stereocenters. The van der Waals surface area contributed by atoms with Gasteiger partial charge in [-0.3, -0.25) is 4.79 Å². The van der Waals surface area contributed by atoms with Gasteiger partial charge in [0.15, 0.2) is 12.0 Å². The maximum Gasteiger partial charge on any atom is 0.243 e. The molecule has 2 aromatic rings. The molecule has 0 radical (unpaired) electrons. The van der Waals surface area contributed by atoms with E-state index in [1.807, 2.05) is 0 Å². The van der Waals surface area contributed by atoms with Crippen molar-refractivity contribution in [2.75, 3.05) is 13.1 Å². The standard InChI is InChI=1S/C17H19NO4S/c1-13-7-9-18(10-8-13)23(20,21)16-4-2-3-14(11-16)17-6-5-15(12-19)22-17/h2-6,11-13H,7-10H2,1H3. The van der Waals surface area contributed by atoms with E-state index in [-0.39, 0.29) is 10.7 Å². The van der Waals surface area contributed by atoms with Gasteiger partial charge in [0.2, 0.25) is 10.0 Å². The molecule has 0 spiro atoms. The highest BCUT2D eigenvalue weighted by atomic mass is 32.2. The van der Waals surface area contributed by atoms with Crippen molar-refractivity contribution in [3.63, 3.8) is 0 Å². The summed E-state index contributed by atoms with van der Waals surface area (Å²) in [5.74, 6) is 1.27. The van der Waals surface area contributed by atoms with Gasteiger partial charge in [0.05, 0.1) is 4.90 Å². The number of rotatable bonds is 4. The molecule has 122 valence electrons. The molecule has 1 saturated heterocycles. The topological polar surface area (TPSA) is 67.6 Å². The van der Waals surface area contributed by atoms with Crippen LogP contribution < -0.4 is 0 Å². The van der Waals surface area contributed by atoms with Crippen LogP contribution in [0.1, 0.15) is 30.3 Å². The van der Waals surface area contributed by atoms with E-state index in [0.717, 1.165) is 12.8 Å². The van der Waals surface area contributed by atoms with Gasteiger partial charge in [0.25, 0.3) is 0 Å². The van der Waals surface area contributed by atoms with Gasteiger partial charge in [-0.1, -0.05) is 19.1 Å². The highest BCUT2D eigenvalue weighted by molar-refractivity contribution is 7.89. The monoisotopic (exact) mass is 333 g/mol. The SMILES string of the molecule is CC1CCN(S(=O)(=O)c2cccc(-c3ccc(C=O)o3)c2)CC1. The van der Waals surface area contributed by atoms with E-state index in [0.29, 0.717) is 36.6 Å². The van der Waals surface area contributed by atoms with Gasteiger partial charge in [-0.05, 0) is 43.0 Å². The quantitative estimate of drug-likeness (QED) is 0.806. The molecule has 3 rings (SSSR count). The molecule has 6 heteroatoms. The van der Waals surface area contributed by atoms with Gasteiger partial charge in [-0.15, -0.1) is 0 Å². The molecule has 1 fully saturated rings. The van der Waals surface area contributed by atoms with Gasteiger partial charge in [0.1, 0.15) is 5.76 Å². The molecule has 0 aliphatic carbocycles. The average molecular weight is 333 g/mol. The van der Waals surface area contributed by atoms with E-state index < -0.39 is 10.0 Å². The van der Waals surface area contributed by atoms with Gasteiger partial charge >= 0.3 is 0 Å². The summed E-state index contributed by atoms with van der Waals surface area (Å²) in [5, 5.41) is 0. The molecule has 2 heterocycles. The first-order valence-electron chi connectivity index (χ1n) is 7.66. The van der Waals surface area contributed by atoms with E-state index in [1.54, 1.807) is 40.7 Å². The number of sulfonamides is 1. The molecule has 0 atom stereocenters. The Hall–Kier alpha value is -1.92. The average Bonchev–Trinajstić information content (AvgIpc) is 3.04. The number of hydrogen-bond donors (Lipinski definition) is 0. The van der Waals surface area contributed by atoms with E-state index in [2.05, 4.69) is 6.92 Å². The van der Waals surface area contributed by atoms with E-state index in [4.69, 9.17) is 4.42 Å². The number of carbonyl (C=O) groups is 1. The van der Waals surface area contributed by atoms with Crippen LogP contribution in [0.15, 0.2) is 45.7 Å². The first-order chi connectivity index (χ1) is 11.0. The molecule has 1 aliphatic heterocycles. The second-order valence-corrected chi connectivity index (χ2v) is 7.87. The van der Waals surface area contributed by atoms with Crippen LogP contribution in [0.3, 0.4) is 0 Å². The van der Waals surface area contributed by atoms with E-state index in [1.165, 1.54) is 0 Å². The lowest BCUT2D eigenvalue weighted by Crippen LogP contribution is -2.37. The summed E-state index contributed by atoms with van der Waals surface area (Å²) in [6.07, 6.45) is 2.40. The van der Waals surface area contributed by atoms with Crippen molar-refractivity contribution >= 4 is 16.3 Å². The summed E-state index contributed by atoms with van der Waals surface area (Å²) in [6, 6.07) is 9.89. The van der Waals surface area contributed by atoms with Gasteiger partial charge in [-0.2, -0.15) is 4.31 Å². The number of carbonyl (C=O) groups excluding carboxylic acids is 1. The number of nitrogens with zero attached hydrogens (tertiary/aromatic N) is 1. The molecule has 1 aromatic carbocycles. The van der Waals surface area contributed by atoms with Crippen molar-refractivity contribution in [2.45, 2.75) is 24.7 Å². The van der Waals surface area contributed by atoms with Crippen LogP contribution in [-0.2, 0) is 10.0 Å². The number of benzene rings is 1. The summed E-state index contributed by atoms with van der Waals surface area (Å²) in [5.41, 5.74) is 0.643. The van der Waals surface area contributed by atoms with Crippen molar-refractivity contribution < 1.29 is 17.6 Å². The predicted molar refractivity (Wildman–Crippen MR) is 86.7 cm³/mol. The fraction of sp³-hybridized carbons (Fsp3) is 0.353. The lowest BCUT2D eigenvalue weighted by atomic mass is 10.0. The van der Waals surface area contributed by atoms with Crippen LogP contribution in [0.25, 0.3) is 11.3 Å². The van der Waals surface area contributed by atoms with Crippen LogP contribution in [0.2, 0.25) is 0 Å². The van der Waals surface area contributed by atoms with Crippen molar-refractivity contribution in [1.29, 1.82) is 0 Å². The summed E-state index contributed by atoms with van der Waals surface area (Å²) in [4.78, 5) is 11.0. The van der Waals surface area contributed by atoms with Crippen molar-refractivity contribution in [3.8, 4) is 11.3 Å². The number of hydrogen-bond acceptors (Lipinski definition) is 4. The molecule has 1 aliphatic rings. The Balaban J connectivity index is 1.91. The molecule has 0 saturated carbocycles.